The van der Waals surface area contributed by atoms with Gasteiger partial charge >= 0.3 is 11.9 Å². The lowest BCUT2D eigenvalue weighted by Crippen LogP contribution is -2.28. The SMILES string of the molecule is Cc1nn(C)c(C(=O)NCCCn2nc(C(F)(F)F)cc2C2CC2)c1[N+](=O)[O-]. The summed E-state index contributed by atoms with van der Waals surface area (Å²) in [6.45, 7) is 1.77. The Morgan fingerprint density at radius 3 is 2.64 bits per heavy atom. The van der Waals surface area contributed by atoms with Crippen LogP contribution >= 0.6 is 0 Å². The fraction of sp³-hybridized carbons (Fsp3) is 0.562. The number of hydrogen-bond donors (Lipinski definition) is 1. The highest BCUT2D eigenvalue weighted by Gasteiger charge is 2.37. The van der Waals surface area contributed by atoms with Crippen molar-refractivity contribution < 1.29 is 22.9 Å². The summed E-state index contributed by atoms with van der Waals surface area (Å²) in [7, 11) is 1.43. The zero-order valence-electron chi connectivity index (χ0n) is 15.3. The number of hydrogen-bond acceptors (Lipinski definition) is 5. The van der Waals surface area contributed by atoms with Gasteiger partial charge in [-0.3, -0.25) is 24.3 Å². The van der Waals surface area contributed by atoms with Gasteiger partial charge < -0.3 is 5.32 Å². The minimum Gasteiger partial charge on any atom is -0.350 e. The molecule has 0 radical (unpaired) electrons. The summed E-state index contributed by atoms with van der Waals surface area (Å²) in [6.07, 6.45) is -2.50. The van der Waals surface area contributed by atoms with E-state index in [0.717, 1.165) is 23.6 Å². The molecule has 0 spiro atoms. The summed E-state index contributed by atoms with van der Waals surface area (Å²) in [5.74, 6) is -0.563. The molecule has 0 atom stereocenters. The molecule has 0 saturated heterocycles. The van der Waals surface area contributed by atoms with Gasteiger partial charge in [-0.15, -0.1) is 0 Å². The number of aromatic nitrogens is 4. The summed E-state index contributed by atoms with van der Waals surface area (Å²) in [6, 6.07) is 1.08. The quantitative estimate of drug-likeness (QED) is 0.437. The first-order valence-corrected chi connectivity index (χ1v) is 8.70. The fourth-order valence-corrected chi connectivity index (χ4v) is 3.09. The van der Waals surface area contributed by atoms with E-state index in [-0.39, 0.29) is 36.1 Å². The average molecular weight is 400 g/mol. The molecule has 1 aliphatic rings. The van der Waals surface area contributed by atoms with Gasteiger partial charge in [-0.05, 0) is 32.3 Å². The summed E-state index contributed by atoms with van der Waals surface area (Å²) in [5, 5.41) is 21.2. The molecule has 0 bridgehead atoms. The third-order valence-corrected chi connectivity index (χ3v) is 4.52. The number of halogens is 3. The highest BCUT2D eigenvalue weighted by Crippen LogP contribution is 2.42. The van der Waals surface area contributed by atoms with Gasteiger partial charge in [0.2, 0.25) is 5.69 Å². The number of nitro groups is 1. The molecule has 28 heavy (non-hydrogen) atoms. The highest BCUT2D eigenvalue weighted by molar-refractivity contribution is 5.96. The van der Waals surface area contributed by atoms with Crippen molar-refractivity contribution in [1.29, 1.82) is 0 Å². The summed E-state index contributed by atoms with van der Waals surface area (Å²) in [4.78, 5) is 22.8. The van der Waals surface area contributed by atoms with Gasteiger partial charge in [-0.25, -0.2) is 0 Å². The lowest BCUT2D eigenvalue weighted by Gasteiger charge is -2.08. The Bertz CT molecular complexity index is 914. The van der Waals surface area contributed by atoms with E-state index in [1.807, 2.05) is 0 Å². The molecule has 3 rings (SSSR count). The molecule has 2 heterocycles. The molecule has 12 heteroatoms. The van der Waals surface area contributed by atoms with E-state index in [1.165, 1.54) is 18.7 Å². The number of aryl methyl sites for hydroxylation is 3. The van der Waals surface area contributed by atoms with E-state index in [0.29, 0.717) is 12.1 Å². The van der Waals surface area contributed by atoms with E-state index in [2.05, 4.69) is 15.5 Å². The second-order valence-electron chi connectivity index (χ2n) is 6.72. The first-order chi connectivity index (χ1) is 13.1. The molecule has 1 aliphatic carbocycles. The molecule has 2 aromatic rings. The van der Waals surface area contributed by atoms with Crippen molar-refractivity contribution >= 4 is 11.6 Å². The number of carbonyl (C=O) groups is 1. The molecule has 1 N–H and O–H groups in total. The Morgan fingerprint density at radius 2 is 2.07 bits per heavy atom. The predicted molar refractivity (Wildman–Crippen MR) is 90.8 cm³/mol. The molecule has 0 aliphatic heterocycles. The van der Waals surface area contributed by atoms with E-state index in [4.69, 9.17) is 0 Å². The largest absolute Gasteiger partial charge is 0.435 e. The zero-order valence-corrected chi connectivity index (χ0v) is 15.3. The second-order valence-corrected chi connectivity index (χ2v) is 6.72. The van der Waals surface area contributed by atoms with Gasteiger partial charge in [0, 0.05) is 31.7 Å². The minimum atomic E-state index is -4.50. The van der Waals surface area contributed by atoms with Gasteiger partial charge in [-0.2, -0.15) is 23.4 Å². The second kappa shape index (κ2) is 7.24. The Balaban J connectivity index is 1.62. The van der Waals surface area contributed by atoms with Crippen molar-refractivity contribution in [2.75, 3.05) is 6.54 Å². The molecular formula is C16H19F3N6O3. The van der Waals surface area contributed by atoms with Crippen molar-refractivity contribution in [2.45, 2.75) is 44.8 Å². The van der Waals surface area contributed by atoms with Crippen LogP contribution in [0.15, 0.2) is 6.07 Å². The average Bonchev–Trinajstić information content (AvgIpc) is 3.25. The maximum atomic E-state index is 12.9. The lowest BCUT2D eigenvalue weighted by atomic mass is 10.2. The lowest BCUT2D eigenvalue weighted by molar-refractivity contribution is -0.385. The number of carbonyl (C=O) groups excluding carboxylic acids is 1. The minimum absolute atomic E-state index is 0.0956. The summed E-state index contributed by atoms with van der Waals surface area (Å²) >= 11 is 0. The van der Waals surface area contributed by atoms with Crippen molar-refractivity contribution in [3.05, 3.63) is 39.0 Å². The molecule has 1 saturated carbocycles. The van der Waals surface area contributed by atoms with E-state index >= 15 is 0 Å². The van der Waals surface area contributed by atoms with Crippen molar-refractivity contribution in [1.82, 2.24) is 24.9 Å². The fourth-order valence-electron chi connectivity index (χ4n) is 3.09. The van der Waals surface area contributed by atoms with Gasteiger partial charge in [0.25, 0.3) is 5.91 Å². The molecule has 1 fully saturated rings. The smallest absolute Gasteiger partial charge is 0.350 e. The Hall–Kier alpha value is -2.92. The van der Waals surface area contributed by atoms with Crippen molar-refractivity contribution in [2.24, 2.45) is 7.05 Å². The van der Waals surface area contributed by atoms with Crippen LogP contribution in [0.1, 0.15) is 52.8 Å². The van der Waals surface area contributed by atoms with Gasteiger partial charge in [-0.1, -0.05) is 0 Å². The molecule has 2 aromatic heterocycles. The number of nitrogens with one attached hydrogen (secondary N) is 1. The molecule has 1 amide bonds. The zero-order chi connectivity index (χ0) is 20.6. The van der Waals surface area contributed by atoms with Crippen LogP contribution in [-0.2, 0) is 19.8 Å². The van der Waals surface area contributed by atoms with Gasteiger partial charge in [0.1, 0.15) is 5.69 Å². The van der Waals surface area contributed by atoms with Crippen LogP contribution in [0.2, 0.25) is 0 Å². The Morgan fingerprint density at radius 1 is 1.39 bits per heavy atom. The van der Waals surface area contributed by atoms with Crippen molar-refractivity contribution in [3.8, 4) is 0 Å². The number of amides is 1. The van der Waals surface area contributed by atoms with E-state index in [1.54, 1.807) is 0 Å². The van der Waals surface area contributed by atoms with Crippen LogP contribution in [0.4, 0.5) is 18.9 Å². The van der Waals surface area contributed by atoms with Gasteiger partial charge in [0.05, 0.1) is 4.92 Å². The molecule has 9 nitrogen and oxygen atoms in total. The Kier molecular flexibility index (Phi) is 5.13. The normalized spacial score (nSPS) is 14.3. The number of alkyl halides is 3. The van der Waals surface area contributed by atoms with E-state index in [9.17, 15) is 28.1 Å². The van der Waals surface area contributed by atoms with Crippen LogP contribution in [-0.4, -0.2) is 36.9 Å². The van der Waals surface area contributed by atoms with Crippen LogP contribution in [0.25, 0.3) is 0 Å². The summed E-state index contributed by atoms with van der Waals surface area (Å²) in [5.41, 5.74) is -0.767. The topological polar surface area (TPSA) is 108 Å². The van der Waals surface area contributed by atoms with Gasteiger partial charge in [0.15, 0.2) is 5.69 Å². The van der Waals surface area contributed by atoms with Crippen molar-refractivity contribution in [3.63, 3.8) is 0 Å². The first-order valence-electron chi connectivity index (χ1n) is 8.70. The first kappa shape index (κ1) is 19.8. The third-order valence-electron chi connectivity index (χ3n) is 4.52. The van der Waals surface area contributed by atoms with Crippen LogP contribution in [0.3, 0.4) is 0 Å². The summed E-state index contributed by atoms with van der Waals surface area (Å²) < 4.78 is 41.2. The van der Waals surface area contributed by atoms with Crippen LogP contribution in [0.5, 0.6) is 0 Å². The molecule has 0 unspecified atom stereocenters. The maximum Gasteiger partial charge on any atom is 0.435 e. The predicted octanol–water partition coefficient (Wildman–Crippen LogP) is 2.55. The Labute approximate surface area is 157 Å². The molecule has 152 valence electrons. The third kappa shape index (κ3) is 3.99. The molecular weight excluding hydrogens is 381 g/mol. The monoisotopic (exact) mass is 400 g/mol. The number of nitrogens with zero attached hydrogens (tertiary/aromatic N) is 5. The molecule has 0 aromatic carbocycles. The standard InChI is InChI=1S/C16H19F3N6O3/c1-9-13(25(27)28)14(23(2)21-9)15(26)20-6-3-7-24-11(10-4-5-10)8-12(22-24)16(17,18)19/h8,10H,3-7H2,1-2H3,(H,20,26). The number of rotatable bonds is 7. The maximum absolute atomic E-state index is 12.9. The van der Waals surface area contributed by atoms with E-state index < -0.39 is 22.7 Å². The van der Waals surface area contributed by atoms with Crippen LogP contribution in [0, 0.1) is 17.0 Å². The highest BCUT2D eigenvalue weighted by atomic mass is 19.4. The van der Waals surface area contributed by atoms with Crippen LogP contribution < -0.4 is 5.32 Å².